The Balaban J connectivity index is 1.53. The Morgan fingerprint density at radius 3 is 2.59 bits per heavy atom. The molecule has 1 N–H and O–H groups in total. The van der Waals surface area contributed by atoms with Crippen molar-refractivity contribution in [1.29, 1.82) is 0 Å². The lowest BCUT2D eigenvalue weighted by molar-refractivity contribution is -0.136. The number of nitrogens with one attached hydrogen (secondary N) is 1. The molecule has 1 aromatic rings. The smallest absolute Gasteiger partial charge is 0.323 e. The summed E-state index contributed by atoms with van der Waals surface area (Å²) < 4.78 is 0. The minimum absolute atomic E-state index is 0.0224. The zero-order valence-corrected chi connectivity index (χ0v) is 16.7. The summed E-state index contributed by atoms with van der Waals surface area (Å²) in [6, 6.07) is 10.5. The van der Waals surface area contributed by atoms with Gasteiger partial charge in [0.1, 0.15) is 5.54 Å². The highest BCUT2D eigenvalue weighted by molar-refractivity contribution is 6.07. The van der Waals surface area contributed by atoms with E-state index in [1.54, 1.807) is 0 Å². The number of nitrogens with zero attached hydrogens (tertiary/aromatic N) is 2. The van der Waals surface area contributed by atoms with Crippen LogP contribution in [-0.2, 0) is 4.79 Å². The van der Waals surface area contributed by atoms with E-state index in [2.05, 4.69) is 55.3 Å². The van der Waals surface area contributed by atoms with Crippen LogP contribution >= 0.6 is 0 Å². The second-order valence-corrected chi connectivity index (χ2v) is 9.62. The highest BCUT2D eigenvalue weighted by Gasteiger charge is 2.56. The number of rotatable bonds is 3. The van der Waals surface area contributed by atoms with Gasteiger partial charge in [-0.25, -0.2) is 9.69 Å². The van der Waals surface area contributed by atoms with E-state index in [1.807, 2.05) is 6.07 Å². The van der Waals surface area contributed by atoms with Gasteiger partial charge < -0.3 is 5.32 Å². The van der Waals surface area contributed by atoms with Crippen molar-refractivity contribution in [3.63, 3.8) is 0 Å². The third kappa shape index (κ3) is 3.38. The first-order valence-corrected chi connectivity index (χ1v) is 10.2. The summed E-state index contributed by atoms with van der Waals surface area (Å²) in [5, 5.41) is 3.09. The van der Waals surface area contributed by atoms with Crippen molar-refractivity contribution >= 4 is 11.9 Å². The first kappa shape index (κ1) is 18.5. The normalized spacial score (nSPS) is 33.7. The number of hydrogen-bond donors (Lipinski definition) is 1. The fourth-order valence-electron chi connectivity index (χ4n) is 5.86. The van der Waals surface area contributed by atoms with E-state index in [9.17, 15) is 9.59 Å². The Labute approximate surface area is 162 Å². The quantitative estimate of drug-likeness (QED) is 0.822. The van der Waals surface area contributed by atoms with Crippen molar-refractivity contribution < 1.29 is 9.59 Å². The zero-order valence-electron chi connectivity index (χ0n) is 16.7. The van der Waals surface area contributed by atoms with E-state index < -0.39 is 5.54 Å². The van der Waals surface area contributed by atoms with E-state index in [4.69, 9.17) is 0 Å². The average molecular weight is 370 g/mol. The predicted octanol–water partition coefficient (Wildman–Crippen LogP) is 3.92. The third-order valence-corrected chi connectivity index (χ3v) is 6.50. The minimum Gasteiger partial charge on any atom is -0.323 e. The Hall–Kier alpha value is -1.88. The van der Waals surface area contributed by atoms with Gasteiger partial charge in [0.25, 0.3) is 5.91 Å². The average Bonchev–Trinajstić information content (AvgIpc) is 3.13. The Morgan fingerprint density at radius 1 is 1.15 bits per heavy atom. The van der Waals surface area contributed by atoms with Gasteiger partial charge >= 0.3 is 6.03 Å². The molecule has 3 atom stereocenters. The fraction of sp³-hybridized carbons (Fsp3) is 0.636. The summed E-state index contributed by atoms with van der Waals surface area (Å²) in [6.45, 7) is 7.92. The molecule has 3 aliphatic rings. The molecule has 3 fully saturated rings. The Bertz CT molecular complexity index is 732. The van der Waals surface area contributed by atoms with Crippen molar-refractivity contribution in [2.24, 2.45) is 11.3 Å². The molecular weight excluding hydrogens is 338 g/mol. The van der Waals surface area contributed by atoms with Crippen LogP contribution in [0.25, 0.3) is 0 Å². The monoisotopic (exact) mass is 369 g/mol. The van der Waals surface area contributed by atoms with Crippen molar-refractivity contribution in [2.75, 3.05) is 13.2 Å². The number of amides is 3. The summed E-state index contributed by atoms with van der Waals surface area (Å²) in [7, 11) is 0. The van der Waals surface area contributed by atoms with Gasteiger partial charge in [0.05, 0.1) is 6.67 Å². The topological polar surface area (TPSA) is 52.7 Å². The second-order valence-electron chi connectivity index (χ2n) is 9.62. The molecule has 5 nitrogen and oxygen atoms in total. The van der Waals surface area contributed by atoms with Gasteiger partial charge in [-0.15, -0.1) is 0 Å². The molecule has 4 rings (SSSR count). The van der Waals surface area contributed by atoms with Gasteiger partial charge in [0.2, 0.25) is 0 Å². The lowest BCUT2D eigenvalue weighted by Gasteiger charge is -2.44. The van der Waals surface area contributed by atoms with Crippen molar-refractivity contribution in [2.45, 2.75) is 64.5 Å². The number of urea groups is 1. The predicted molar refractivity (Wildman–Crippen MR) is 105 cm³/mol. The van der Waals surface area contributed by atoms with Crippen LogP contribution in [0.1, 0.15) is 64.5 Å². The van der Waals surface area contributed by atoms with Crippen LogP contribution in [0.5, 0.6) is 0 Å². The zero-order chi connectivity index (χ0) is 19.2. The van der Waals surface area contributed by atoms with Gasteiger partial charge in [-0.2, -0.15) is 0 Å². The molecule has 1 saturated carbocycles. The van der Waals surface area contributed by atoms with Crippen molar-refractivity contribution in [3.8, 4) is 0 Å². The largest absolute Gasteiger partial charge is 0.326 e. The maximum atomic E-state index is 13.4. The van der Waals surface area contributed by atoms with Gasteiger partial charge in [-0.3, -0.25) is 9.69 Å². The highest BCUT2D eigenvalue weighted by atomic mass is 16.2. The number of carbonyl (C=O) groups is 2. The number of benzene rings is 1. The van der Waals surface area contributed by atoms with Crippen molar-refractivity contribution in [3.05, 3.63) is 35.9 Å². The van der Waals surface area contributed by atoms with Gasteiger partial charge in [0, 0.05) is 12.6 Å². The van der Waals surface area contributed by atoms with E-state index in [0.29, 0.717) is 12.6 Å². The molecule has 2 saturated heterocycles. The maximum Gasteiger partial charge on any atom is 0.326 e. The summed E-state index contributed by atoms with van der Waals surface area (Å²) in [5.41, 5.74) is 0.626. The lowest BCUT2D eigenvalue weighted by Crippen LogP contribution is -2.54. The molecule has 2 aliphatic heterocycles. The van der Waals surface area contributed by atoms with Crippen LogP contribution in [0.3, 0.4) is 0 Å². The molecule has 146 valence electrons. The Morgan fingerprint density at radius 2 is 1.89 bits per heavy atom. The molecule has 0 aromatic heterocycles. The molecule has 0 radical (unpaired) electrons. The lowest BCUT2D eigenvalue weighted by atomic mass is 9.64. The maximum absolute atomic E-state index is 13.4. The molecule has 0 unspecified atom stereocenters. The van der Waals surface area contributed by atoms with E-state index in [0.717, 1.165) is 38.6 Å². The molecule has 1 aromatic carbocycles. The molecule has 0 bridgehead atoms. The first-order valence-electron chi connectivity index (χ1n) is 10.2. The van der Waals surface area contributed by atoms with Gasteiger partial charge in [0.15, 0.2) is 0 Å². The molecule has 1 aliphatic carbocycles. The van der Waals surface area contributed by atoms with Gasteiger partial charge in [-0.05, 0) is 49.0 Å². The first-order chi connectivity index (χ1) is 12.8. The molecule has 27 heavy (non-hydrogen) atoms. The summed E-state index contributed by atoms with van der Waals surface area (Å²) in [4.78, 5) is 29.9. The minimum atomic E-state index is -0.708. The molecule has 5 heteroatoms. The van der Waals surface area contributed by atoms with Crippen LogP contribution in [-0.4, -0.2) is 40.5 Å². The second kappa shape index (κ2) is 6.62. The molecular formula is C22H31N3O2. The SMILES string of the molecule is C[C@@H]1CC(C)(C)C[C@@]2(C1)NC(=O)N(CN1CCC[C@H]1c1ccccc1)C2=O. The number of imide groups is 1. The van der Waals surface area contributed by atoms with Gasteiger partial charge in [-0.1, -0.05) is 51.1 Å². The molecule has 1 spiro atoms. The standard InChI is InChI=1S/C22H31N3O2/c1-16-12-21(2,3)14-22(13-16)19(26)25(20(27)23-22)15-24-11-7-10-18(24)17-8-5-4-6-9-17/h4-6,8-9,16,18H,7,10-15H2,1-3H3,(H,23,27)/t16-,18+,22-/m1/s1. The van der Waals surface area contributed by atoms with E-state index in [1.165, 1.54) is 10.5 Å². The fourth-order valence-corrected chi connectivity index (χ4v) is 5.86. The molecule has 2 heterocycles. The van der Waals surface area contributed by atoms with Crippen LogP contribution in [0.15, 0.2) is 30.3 Å². The number of hydrogen-bond acceptors (Lipinski definition) is 3. The third-order valence-electron chi connectivity index (χ3n) is 6.50. The van der Waals surface area contributed by atoms with Crippen molar-refractivity contribution in [1.82, 2.24) is 15.1 Å². The number of likely N-dealkylation sites (tertiary alicyclic amines) is 1. The molecule has 3 amide bonds. The Kier molecular flexibility index (Phi) is 4.53. The van der Waals surface area contributed by atoms with E-state index in [-0.39, 0.29) is 23.4 Å². The van der Waals surface area contributed by atoms with E-state index >= 15 is 0 Å². The highest BCUT2D eigenvalue weighted by Crippen LogP contribution is 2.46. The van der Waals surface area contributed by atoms with Crippen LogP contribution in [0.4, 0.5) is 4.79 Å². The summed E-state index contributed by atoms with van der Waals surface area (Å²) in [6.07, 6.45) is 4.74. The van der Waals surface area contributed by atoms with Crippen LogP contribution in [0, 0.1) is 11.3 Å². The summed E-state index contributed by atoms with van der Waals surface area (Å²) >= 11 is 0. The number of carbonyl (C=O) groups excluding carboxylic acids is 2. The van der Waals surface area contributed by atoms with Crippen LogP contribution in [0.2, 0.25) is 0 Å². The summed E-state index contributed by atoms with van der Waals surface area (Å²) in [5.74, 6) is 0.410. The van der Waals surface area contributed by atoms with Crippen LogP contribution < -0.4 is 5.32 Å².